The molecule has 0 fully saturated rings. The van der Waals surface area contributed by atoms with E-state index in [4.69, 9.17) is 37.0 Å². The van der Waals surface area contributed by atoms with E-state index in [1.165, 1.54) is 25.7 Å². The minimum absolute atomic E-state index is 0.0698. The minimum atomic E-state index is -5.00. The Balaban J connectivity index is 5.42. The number of phosphoric acid groups is 2. The summed E-state index contributed by atoms with van der Waals surface area (Å²) in [4.78, 5) is 73.2. The molecule has 0 bridgehead atoms. The van der Waals surface area contributed by atoms with Gasteiger partial charge >= 0.3 is 39.5 Å². The van der Waals surface area contributed by atoms with E-state index in [0.717, 1.165) is 218 Å². The second kappa shape index (κ2) is 79.8. The number of aliphatic hydroxyl groups excluding tert-OH is 1. The Hall–Kier alpha value is -5.32. The fraction of sp³-hybridized carbons (Fsp3) is 0.663. The molecule has 0 aromatic rings. The molecule has 5 unspecified atom stereocenters. The lowest BCUT2D eigenvalue weighted by Crippen LogP contribution is -2.30. The number of allylic oxidation sites excluding steroid dienone is 26. The largest absolute Gasteiger partial charge is 0.472 e. The number of aliphatic hydroxyl groups is 1. The van der Waals surface area contributed by atoms with Gasteiger partial charge in [-0.1, -0.05) is 288 Å². The lowest BCUT2D eigenvalue weighted by atomic mass is 10.1. The van der Waals surface area contributed by atoms with Crippen molar-refractivity contribution in [3.8, 4) is 0 Å². The maximum Gasteiger partial charge on any atom is 0.472 e. The van der Waals surface area contributed by atoms with Crippen LogP contribution in [0.25, 0.3) is 0 Å². The van der Waals surface area contributed by atoms with Gasteiger partial charge in [-0.3, -0.25) is 37.3 Å². The van der Waals surface area contributed by atoms with Crippen molar-refractivity contribution in [3.63, 3.8) is 0 Å². The molecule has 5 atom stereocenters. The van der Waals surface area contributed by atoms with E-state index in [0.29, 0.717) is 25.7 Å². The van der Waals surface area contributed by atoms with Crippen molar-refractivity contribution in [3.05, 3.63) is 158 Å². The summed E-state index contributed by atoms with van der Waals surface area (Å²) in [6, 6.07) is 0. The number of phosphoric ester groups is 2. The van der Waals surface area contributed by atoms with Crippen molar-refractivity contribution in [2.75, 3.05) is 39.6 Å². The van der Waals surface area contributed by atoms with Crippen LogP contribution in [0.5, 0.6) is 0 Å². The molecule has 0 aromatic carbocycles. The molecule has 0 spiro atoms. The van der Waals surface area contributed by atoms with Crippen molar-refractivity contribution in [1.29, 1.82) is 0 Å². The highest BCUT2D eigenvalue weighted by molar-refractivity contribution is 7.47. The van der Waals surface area contributed by atoms with Gasteiger partial charge in [-0.2, -0.15) is 0 Å². The molecular formula is C89H148O17P2. The van der Waals surface area contributed by atoms with Crippen LogP contribution in [0.3, 0.4) is 0 Å². The van der Waals surface area contributed by atoms with Gasteiger partial charge in [0, 0.05) is 25.7 Å². The smallest absolute Gasteiger partial charge is 0.462 e. The van der Waals surface area contributed by atoms with Gasteiger partial charge in [0.15, 0.2) is 12.2 Å². The van der Waals surface area contributed by atoms with Crippen molar-refractivity contribution in [2.45, 2.75) is 341 Å². The Morgan fingerprint density at radius 3 is 0.750 bits per heavy atom. The van der Waals surface area contributed by atoms with Gasteiger partial charge in [-0.25, -0.2) is 9.13 Å². The highest BCUT2D eigenvalue weighted by Gasteiger charge is 2.30. The van der Waals surface area contributed by atoms with Gasteiger partial charge in [0.1, 0.15) is 19.3 Å². The van der Waals surface area contributed by atoms with Gasteiger partial charge in [0.25, 0.3) is 0 Å². The predicted molar refractivity (Wildman–Crippen MR) is 445 cm³/mol. The Morgan fingerprint density at radius 1 is 0.269 bits per heavy atom. The number of unbranched alkanes of at least 4 members (excludes halogenated alkanes) is 25. The zero-order chi connectivity index (χ0) is 78.9. The standard InChI is InChI=1S/C89H148O17P2/c1-5-9-13-17-21-25-29-33-36-39-41-44-47-51-54-58-62-66-70-74-87(92)100-80-85(106-89(94)76-72-68-64-60-56-52-48-45-42-40-37-34-30-26-22-18-14-10-6-2)82-104-108(97,98)102-78-83(90)77-101-107(95,96)103-81-84(105-88(93)75-71-67-63-59-55-49-32-28-24-20-16-12-8-4)79-99-86(91)73-69-65-61-57-53-50-46-43-38-35-31-27-23-19-15-11-7-3/h9-11,13-15,21-23,25-28,32-38,41-42,44-46,50,83-85,90H,5-8,12,16-20,24,29-31,39-40,43,47-49,51-82H2,1-4H3,(H,95,96)(H,97,98)/b13-9-,14-10-,15-11-,25-21-,26-22-,27-23-,32-28-,36-33-,37-34-,38-35-,44-41-,45-42-,50-46-. The highest BCUT2D eigenvalue weighted by atomic mass is 31.2. The van der Waals surface area contributed by atoms with Crippen LogP contribution in [0.2, 0.25) is 0 Å². The highest BCUT2D eigenvalue weighted by Crippen LogP contribution is 2.45. The van der Waals surface area contributed by atoms with Crippen molar-refractivity contribution < 1.29 is 80.2 Å². The van der Waals surface area contributed by atoms with Crippen LogP contribution < -0.4 is 0 Å². The monoisotopic (exact) mass is 1550 g/mol. The fourth-order valence-electron chi connectivity index (χ4n) is 10.7. The van der Waals surface area contributed by atoms with E-state index in [9.17, 15) is 43.2 Å². The second-order valence-electron chi connectivity index (χ2n) is 27.3. The minimum Gasteiger partial charge on any atom is -0.462 e. The number of esters is 4. The topological polar surface area (TPSA) is 237 Å². The first-order valence-electron chi connectivity index (χ1n) is 41.7. The average molecular weight is 1550 g/mol. The Bertz CT molecular complexity index is 2660. The molecule has 0 saturated heterocycles. The molecule has 19 heteroatoms. The third-order valence-electron chi connectivity index (χ3n) is 17.0. The fourth-order valence-corrected chi connectivity index (χ4v) is 12.3. The molecule has 0 aliphatic carbocycles. The first kappa shape index (κ1) is 103. The molecule has 108 heavy (non-hydrogen) atoms. The van der Waals surface area contributed by atoms with Crippen LogP contribution in [0, 0.1) is 0 Å². The maximum absolute atomic E-state index is 13.1. The summed E-state index contributed by atoms with van der Waals surface area (Å²) in [6.07, 6.45) is 93.5. The molecule has 3 N–H and O–H groups in total. The van der Waals surface area contributed by atoms with E-state index in [-0.39, 0.29) is 25.7 Å². The number of hydrogen-bond donors (Lipinski definition) is 3. The first-order valence-corrected chi connectivity index (χ1v) is 44.7. The summed E-state index contributed by atoms with van der Waals surface area (Å²) in [6.45, 7) is 4.47. The summed E-state index contributed by atoms with van der Waals surface area (Å²) in [5.74, 6) is -2.24. The van der Waals surface area contributed by atoms with Crippen LogP contribution >= 0.6 is 15.6 Å². The molecular weight excluding hydrogens is 1400 g/mol. The third kappa shape index (κ3) is 78.8. The van der Waals surface area contributed by atoms with Gasteiger partial charge in [-0.15, -0.1) is 0 Å². The molecule has 0 aromatic heterocycles. The van der Waals surface area contributed by atoms with Crippen LogP contribution in [0.15, 0.2) is 158 Å². The molecule has 0 aliphatic rings. The number of carbonyl (C=O) groups is 4. The zero-order valence-electron chi connectivity index (χ0n) is 67.5. The number of rotatable bonds is 77. The summed E-state index contributed by atoms with van der Waals surface area (Å²) in [5.41, 5.74) is 0. The van der Waals surface area contributed by atoms with Gasteiger partial charge in [-0.05, 0) is 167 Å². The normalized spacial score (nSPS) is 14.6. The van der Waals surface area contributed by atoms with Crippen LogP contribution in [0.1, 0.15) is 323 Å². The molecule has 0 saturated carbocycles. The molecule has 0 aliphatic heterocycles. The van der Waals surface area contributed by atoms with Crippen molar-refractivity contribution in [2.24, 2.45) is 0 Å². The lowest BCUT2D eigenvalue weighted by Gasteiger charge is -2.21. The van der Waals surface area contributed by atoms with Crippen LogP contribution in [-0.4, -0.2) is 96.7 Å². The quantitative estimate of drug-likeness (QED) is 0.0169. The van der Waals surface area contributed by atoms with Crippen molar-refractivity contribution in [1.82, 2.24) is 0 Å². The third-order valence-corrected chi connectivity index (χ3v) is 18.9. The lowest BCUT2D eigenvalue weighted by molar-refractivity contribution is -0.161. The summed E-state index contributed by atoms with van der Waals surface area (Å²) >= 11 is 0. The van der Waals surface area contributed by atoms with Gasteiger partial charge in [0.05, 0.1) is 26.4 Å². The molecule has 0 rings (SSSR count). The Kier molecular flexibility index (Phi) is 75.8. The molecule has 616 valence electrons. The zero-order valence-corrected chi connectivity index (χ0v) is 69.3. The second-order valence-corrected chi connectivity index (χ2v) is 30.2. The van der Waals surface area contributed by atoms with E-state index in [2.05, 4.69) is 186 Å². The van der Waals surface area contributed by atoms with Gasteiger partial charge in [0.2, 0.25) is 0 Å². The molecule has 0 heterocycles. The van der Waals surface area contributed by atoms with E-state index >= 15 is 0 Å². The average Bonchev–Trinajstić information content (AvgIpc) is 0.892. The van der Waals surface area contributed by atoms with E-state index in [1.807, 2.05) is 0 Å². The first-order chi connectivity index (χ1) is 52.7. The SMILES string of the molecule is CC/C=C\C/C=C\C/C=C\C/C=C\CCCCCCCCC(=O)OCC(COP(=O)(O)OCC(O)COP(=O)(O)OCC(COC(=O)CCCCCC/C=C\C/C=C\C/C=C\C/C=C\CC)OC(=O)CCCCCCC/C=C\CCCCCC)OC(=O)CCCCCCCC/C=C\C/C=C\C/C=C\C/C=C\CC. The number of hydrogen-bond acceptors (Lipinski definition) is 15. The summed E-state index contributed by atoms with van der Waals surface area (Å²) in [7, 11) is -9.99. The predicted octanol–water partition coefficient (Wildman–Crippen LogP) is 24.8. The van der Waals surface area contributed by atoms with Crippen LogP contribution in [0.4, 0.5) is 0 Å². The molecule has 17 nitrogen and oxygen atoms in total. The molecule has 0 radical (unpaired) electrons. The van der Waals surface area contributed by atoms with Gasteiger partial charge < -0.3 is 33.8 Å². The maximum atomic E-state index is 13.1. The van der Waals surface area contributed by atoms with Crippen LogP contribution in [-0.2, 0) is 65.4 Å². The molecule has 0 amide bonds. The Morgan fingerprint density at radius 2 is 0.481 bits per heavy atom. The number of carbonyl (C=O) groups excluding carboxylic acids is 4. The van der Waals surface area contributed by atoms with E-state index in [1.54, 1.807) is 0 Å². The summed E-state index contributed by atoms with van der Waals surface area (Å²) in [5, 5.41) is 10.7. The van der Waals surface area contributed by atoms with E-state index < -0.39 is 97.5 Å². The van der Waals surface area contributed by atoms with Crippen molar-refractivity contribution >= 4 is 39.5 Å². The Labute approximate surface area is 655 Å². The summed E-state index contributed by atoms with van der Waals surface area (Å²) < 4.78 is 68.7. The number of ether oxygens (including phenoxy) is 4.